The molecular formula is C25H32N2O5S. The minimum atomic E-state index is -0.976. The molecule has 6 atom stereocenters. The molecule has 7 nitrogen and oxygen atoms in total. The van der Waals surface area contributed by atoms with Gasteiger partial charge in [-0.2, -0.15) is 0 Å². The fourth-order valence-electron chi connectivity index (χ4n) is 6.03. The Morgan fingerprint density at radius 3 is 2.61 bits per heavy atom. The molecule has 0 saturated carbocycles. The van der Waals surface area contributed by atoms with E-state index in [0.717, 1.165) is 5.56 Å². The van der Waals surface area contributed by atoms with Crippen LogP contribution < -0.4 is 0 Å². The summed E-state index contributed by atoms with van der Waals surface area (Å²) in [5.74, 6) is -3.04. The molecule has 178 valence electrons. The van der Waals surface area contributed by atoms with Crippen LogP contribution in [0.5, 0.6) is 0 Å². The molecule has 0 radical (unpaired) electrons. The molecular weight excluding hydrogens is 440 g/mol. The normalized spacial score (nSPS) is 31.0. The van der Waals surface area contributed by atoms with E-state index in [1.54, 1.807) is 15.9 Å². The van der Waals surface area contributed by atoms with Crippen LogP contribution in [0.4, 0.5) is 0 Å². The number of nitrogens with zero attached hydrogens (tertiary/aromatic N) is 2. The molecule has 3 aliphatic rings. The number of carboxylic acid groups (broad SMARTS) is 1. The molecule has 2 bridgehead atoms. The summed E-state index contributed by atoms with van der Waals surface area (Å²) in [5, 5.41) is 20.2. The molecule has 1 spiro atoms. The van der Waals surface area contributed by atoms with Crippen LogP contribution in [0.25, 0.3) is 0 Å². The van der Waals surface area contributed by atoms with Gasteiger partial charge in [-0.25, -0.2) is 0 Å². The molecule has 3 fully saturated rings. The number of aliphatic hydroxyl groups is 1. The van der Waals surface area contributed by atoms with Crippen molar-refractivity contribution in [2.45, 2.75) is 61.2 Å². The van der Waals surface area contributed by atoms with Gasteiger partial charge in [0.1, 0.15) is 6.04 Å². The number of thioether (sulfide) groups is 1. The third-order valence-electron chi connectivity index (χ3n) is 7.41. The predicted molar refractivity (Wildman–Crippen MR) is 127 cm³/mol. The van der Waals surface area contributed by atoms with Crippen molar-refractivity contribution in [1.82, 2.24) is 9.80 Å². The van der Waals surface area contributed by atoms with Gasteiger partial charge >= 0.3 is 5.97 Å². The summed E-state index contributed by atoms with van der Waals surface area (Å²) in [6.07, 6.45) is 3.36. The van der Waals surface area contributed by atoms with Crippen molar-refractivity contribution in [3.63, 3.8) is 0 Å². The second-order valence-electron chi connectivity index (χ2n) is 9.54. The minimum absolute atomic E-state index is 0.108. The van der Waals surface area contributed by atoms with Crippen molar-refractivity contribution < 1.29 is 24.6 Å². The molecule has 33 heavy (non-hydrogen) atoms. The molecule has 2 N–H and O–H groups in total. The Morgan fingerprint density at radius 2 is 2.03 bits per heavy atom. The fourth-order valence-corrected chi connectivity index (χ4v) is 8.23. The number of fused-ring (bicyclic) bond motifs is 1. The maximum Gasteiger partial charge on any atom is 0.308 e. The zero-order valence-corrected chi connectivity index (χ0v) is 19.9. The monoisotopic (exact) mass is 472 g/mol. The number of hydrogen-bond donors (Lipinski definition) is 2. The van der Waals surface area contributed by atoms with Crippen LogP contribution in [-0.4, -0.2) is 79.1 Å². The van der Waals surface area contributed by atoms with Gasteiger partial charge in [-0.05, 0) is 38.7 Å². The Kier molecular flexibility index (Phi) is 6.60. The Balaban J connectivity index is 1.79. The molecule has 1 aromatic carbocycles. The lowest BCUT2D eigenvalue weighted by Crippen LogP contribution is -2.58. The first-order valence-corrected chi connectivity index (χ1v) is 12.4. The van der Waals surface area contributed by atoms with Gasteiger partial charge in [-0.15, -0.1) is 18.3 Å². The number of rotatable bonds is 9. The fraction of sp³-hybridized carbons (Fsp3) is 0.560. The smallest absolute Gasteiger partial charge is 0.308 e. The average molecular weight is 473 g/mol. The first kappa shape index (κ1) is 23.8. The van der Waals surface area contributed by atoms with Gasteiger partial charge in [0.15, 0.2) is 0 Å². The second kappa shape index (κ2) is 9.14. The quantitative estimate of drug-likeness (QED) is 0.535. The maximum atomic E-state index is 14.0. The highest BCUT2D eigenvalue weighted by atomic mass is 32.2. The van der Waals surface area contributed by atoms with Crippen LogP contribution in [-0.2, 0) is 20.8 Å². The summed E-state index contributed by atoms with van der Waals surface area (Å²) >= 11 is 1.51. The van der Waals surface area contributed by atoms with E-state index in [1.807, 2.05) is 44.2 Å². The summed E-state index contributed by atoms with van der Waals surface area (Å²) in [6, 6.07) is 8.02. The van der Waals surface area contributed by atoms with Crippen molar-refractivity contribution in [2.75, 3.05) is 13.2 Å². The molecule has 0 aromatic heterocycles. The topological polar surface area (TPSA) is 98.2 Å². The van der Waals surface area contributed by atoms with Crippen LogP contribution in [0.15, 0.2) is 43.0 Å². The highest BCUT2D eigenvalue weighted by molar-refractivity contribution is 8.02. The number of hydrogen-bond acceptors (Lipinski definition) is 5. The SMILES string of the molecule is C=CCN(C(=O)C1N([C@@H](CO)Cc2ccccc2)C(=O)[C@@H]2[C@@H](C(=O)O)[C@H]3CCC12S3)C(C)C. The number of carbonyl (C=O) groups excluding carboxylic acids is 2. The van der Waals surface area contributed by atoms with Crippen molar-refractivity contribution in [3.05, 3.63) is 48.6 Å². The van der Waals surface area contributed by atoms with Crippen LogP contribution in [0.3, 0.4) is 0 Å². The number of likely N-dealkylation sites (tertiary alicyclic amines) is 1. The van der Waals surface area contributed by atoms with Crippen molar-refractivity contribution >= 4 is 29.5 Å². The lowest BCUT2D eigenvalue weighted by molar-refractivity contribution is -0.150. The summed E-state index contributed by atoms with van der Waals surface area (Å²) in [6.45, 7) is 7.66. The van der Waals surface area contributed by atoms with E-state index in [2.05, 4.69) is 6.58 Å². The Bertz CT molecular complexity index is 938. The van der Waals surface area contributed by atoms with Gasteiger partial charge in [0.25, 0.3) is 0 Å². The Hall–Kier alpha value is -2.32. The molecule has 2 unspecified atom stereocenters. The van der Waals surface area contributed by atoms with Gasteiger partial charge in [-0.3, -0.25) is 14.4 Å². The van der Waals surface area contributed by atoms with Crippen molar-refractivity contribution in [1.29, 1.82) is 0 Å². The first-order valence-electron chi connectivity index (χ1n) is 11.6. The number of amides is 2. The minimum Gasteiger partial charge on any atom is -0.481 e. The average Bonchev–Trinajstić information content (AvgIpc) is 3.43. The van der Waals surface area contributed by atoms with Gasteiger partial charge in [0, 0.05) is 17.8 Å². The Labute approximate surface area is 198 Å². The highest BCUT2D eigenvalue weighted by Gasteiger charge is 2.74. The third kappa shape index (κ3) is 3.77. The number of aliphatic carboxylic acids is 1. The van der Waals surface area contributed by atoms with Gasteiger partial charge in [-0.1, -0.05) is 36.4 Å². The number of aliphatic hydroxyl groups excluding tert-OH is 1. The van der Waals surface area contributed by atoms with E-state index in [9.17, 15) is 24.6 Å². The van der Waals surface area contributed by atoms with Gasteiger partial charge in [0.05, 0.1) is 29.2 Å². The van der Waals surface area contributed by atoms with Crippen LogP contribution in [0.1, 0.15) is 32.3 Å². The first-order chi connectivity index (χ1) is 15.8. The Morgan fingerprint density at radius 1 is 1.33 bits per heavy atom. The highest BCUT2D eigenvalue weighted by Crippen LogP contribution is 2.66. The van der Waals surface area contributed by atoms with Gasteiger partial charge < -0.3 is 20.0 Å². The number of benzene rings is 1. The molecule has 3 heterocycles. The molecule has 0 aliphatic carbocycles. The van der Waals surface area contributed by atoms with E-state index in [0.29, 0.717) is 25.8 Å². The summed E-state index contributed by atoms with van der Waals surface area (Å²) in [7, 11) is 0. The molecule has 3 aliphatic heterocycles. The number of carboxylic acids is 1. The second-order valence-corrected chi connectivity index (χ2v) is 11.1. The van der Waals surface area contributed by atoms with Crippen LogP contribution >= 0.6 is 11.8 Å². The van der Waals surface area contributed by atoms with Crippen molar-refractivity contribution in [2.24, 2.45) is 11.8 Å². The number of carbonyl (C=O) groups is 3. The molecule has 1 aromatic rings. The lowest BCUT2D eigenvalue weighted by atomic mass is 9.71. The molecule has 8 heteroatoms. The summed E-state index contributed by atoms with van der Waals surface area (Å²) in [5.41, 5.74) is 0.948. The van der Waals surface area contributed by atoms with Crippen LogP contribution in [0.2, 0.25) is 0 Å². The predicted octanol–water partition coefficient (Wildman–Crippen LogP) is 2.19. The molecule has 4 rings (SSSR count). The summed E-state index contributed by atoms with van der Waals surface area (Å²) in [4.78, 5) is 43.4. The summed E-state index contributed by atoms with van der Waals surface area (Å²) < 4.78 is -0.777. The van der Waals surface area contributed by atoms with E-state index in [-0.39, 0.29) is 29.7 Å². The largest absolute Gasteiger partial charge is 0.481 e. The standard InChI is InChI=1S/C25H32N2O5S/c1-4-12-26(15(2)3)23(30)21-25-11-10-18(33-25)19(24(31)32)20(25)22(29)27(21)17(14-28)13-16-8-6-5-7-9-16/h4-9,15,17-21,28H,1,10-14H2,2-3H3,(H,31,32)/t17-,18-,19+,20+,21?,25?/m1/s1. The van der Waals surface area contributed by atoms with E-state index in [4.69, 9.17) is 0 Å². The zero-order valence-electron chi connectivity index (χ0n) is 19.1. The third-order valence-corrected chi connectivity index (χ3v) is 9.36. The maximum absolute atomic E-state index is 14.0. The molecule has 3 saturated heterocycles. The molecule has 2 amide bonds. The van der Waals surface area contributed by atoms with E-state index in [1.165, 1.54) is 11.8 Å². The van der Waals surface area contributed by atoms with E-state index >= 15 is 0 Å². The van der Waals surface area contributed by atoms with E-state index < -0.39 is 34.6 Å². The lowest BCUT2D eigenvalue weighted by Gasteiger charge is -2.40. The van der Waals surface area contributed by atoms with Crippen LogP contribution in [0, 0.1) is 11.8 Å². The van der Waals surface area contributed by atoms with Gasteiger partial charge in [0.2, 0.25) is 11.8 Å². The zero-order chi connectivity index (χ0) is 23.9. The van der Waals surface area contributed by atoms with Crippen molar-refractivity contribution in [3.8, 4) is 0 Å².